The monoisotopic (exact) mass is 425 g/mol. The minimum Gasteiger partial charge on any atom is -0.339 e. The number of halogens is 2. The van der Waals surface area contributed by atoms with Crippen LogP contribution in [-0.2, 0) is 0 Å². The van der Waals surface area contributed by atoms with Crippen molar-refractivity contribution in [1.29, 1.82) is 0 Å². The van der Waals surface area contributed by atoms with E-state index in [4.69, 9.17) is 16.1 Å². The summed E-state index contributed by atoms with van der Waals surface area (Å²) in [6.07, 6.45) is 1.60. The van der Waals surface area contributed by atoms with E-state index in [-0.39, 0.29) is 10.7 Å². The third-order valence-corrected chi connectivity index (χ3v) is 4.80. The van der Waals surface area contributed by atoms with E-state index >= 15 is 0 Å². The summed E-state index contributed by atoms with van der Waals surface area (Å²) in [5.74, 6) is -0.147. The summed E-state index contributed by atoms with van der Waals surface area (Å²) >= 11 is 5.76. The van der Waals surface area contributed by atoms with E-state index in [1.807, 2.05) is 25.1 Å². The number of hydrogen-bond donors (Lipinski definition) is 1. The lowest BCUT2D eigenvalue weighted by molar-refractivity contribution is 0.102. The van der Waals surface area contributed by atoms with Gasteiger partial charge in [-0.1, -0.05) is 28.9 Å². The van der Waals surface area contributed by atoms with Crippen LogP contribution < -0.4 is 5.32 Å². The predicted molar refractivity (Wildman–Crippen MR) is 110 cm³/mol. The Bertz CT molecular complexity index is 1260. The quantitative estimate of drug-likeness (QED) is 0.503. The molecule has 4 aromatic rings. The lowest BCUT2D eigenvalue weighted by Crippen LogP contribution is -2.13. The Labute approximate surface area is 176 Å². The van der Waals surface area contributed by atoms with Gasteiger partial charge < -0.3 is 9.84 Å². The van der Waals surface area contributed by atoms with Gasteiger partial charge >= 0.3 is 0 Å². The summed E-state index contributed by atoms with van der Waals surface area (Å²) in [4.78, 5) is 16.9. The van der Waals surface area contributed by atoms with Crippen molar-refractivity contribution < 1.29 is 13.7 Å². The Kier molecular flexibility index (Phi) is 5.09. The smallest absolute Gasteiger partial charge is 0.259 e. The molecule has 0 saturated carbocycles. The van der Waals surface area contributed by atoms with E-state index in [9.17, 15) is 9.18 Å². The van der Waals surface area contributed by atoms with Crippen LogP contribution in [0.4, 0.5) is 10.1 Å². The van der Waals surface area contributed by atoms with Crippen molar-refractivity contribution in [2.45, 2.75) is 20.8 Å². The van der Waals surface area contributed by atoms with Crippen LogP contribution in [0, 0.1) is 26.6 Å². The van der Waals surface area contributed by atoms with Gasteiger partial charge in [0.25, 0.3) is 5.91 Å². The average Bonchev–Trinajstić information content (AvgIpc) is 3.30. The summed E-state index contributed by atoms with van der Waals surface area (Å²) < 4.78 is 20.7. The highest BCUT2D eigenvalue weighted by molar-refractivity contribution is 6.30. The molecule has 0 spiro atoms. The number of nitrogens with zero attached hydrogens (tertiary/aromatic N) is 4. The number of amides is 1. The highest BCUT2D eigenvalue weighted by Gasteiger charge is 2.17. The maximum absolute atomic E-state index is 14.0. The maximum Gasteiger partial charge on any atom is 0.259 e. The predicted octanol–water partition coefficient (Wildman–Crippen LogP) is 4.89. The molecule has 0 atom stereocenters. The average molecular weight is 426 g/mol. The van der Waals surface area contributed by atoms with Crippen molar-refractivity contribution in [3.63, 3.8) is 0 Å². The van der Waals surface area contributed by atoms with Gasteiger partial charge in [0, 0.05) is 23.7 Å². The number of rotatable bonds is 4. The van der Waals surface area contributed by atoms with Gasteiger partial charge in [-0.05, 0) is 43.7 Å². The molecule has 0 unspecified atom stereocenters. The Balaban J connectivity index is 1.66. The zero-order valence-electron chi connectivity index (χ0n) is 16.4. The van der Waals surface area contributed by atoms with Crippen LogP contribution in [0.15, 0.2) is 47.1 Å². The zero-order chi connectivity index (χ0) is 21.4. The van der Waals surface area contributed by atoms with E-state index < -0.39 is 11.7 Å². The molecular weight excluding hydrogens is 409 g/mol. The van der Waals surface area contributed by atoms with Gasteiger partial charge in [-0.3, -0.25) is 4.79 Å². The molecule has 7 nitrogen and oxygen atoms in total. The van der Waals surface area contributed by atoms with Crippen LogP contribution in [-0.4, -0.2) is 25.8 Å². The lowest BCUT2D eigenvalue weighted by atomic mass is 10.1. The van der Waals surface area contributed by atoms with Crippen LogP contribution in [0.2, 0.25) is 5.02 Å². The fourth-order valence-electron chi connectivity index (χ4n) is 3.00. The van der Waals surface area contributed by atoms with Crippen molar-refractivity contribution in [1.82, 2.24) is 19.9 Å². The molecule has 4 rings (SSSR count). The van der Waals surface area contributed by atoms with Crippen LogP contribution in [0.5, 0.6) is 0 Å². The maximum atomic E-state index is 14.0. The molecular formula is C21H17ClFN5O2. The zero-order valence-corrected chi connectivity index (χ0v) is 17.2. The highest BCUT2D eigenvalue weighted by atomic mass is 35.5. The Morgan fingerprint density at radius 2 is 1.97 bits per heavy atom. The van der Waals surface area contributed by atoms with Gasteiger partial charge in [-0.15, -0.1) is 0 Å². The van der Waals surface area contributed by atoms with Crippen LogP contribution in [0.3, 0.4) is 0 Å². The Hall–Kier alpha value is -3.52. The van der Waals surface area contributed by atoms with Gasteiger partial charge in [0.2, 0.25) is 11.7 Å². The van der Waals surface area contributed by atoms with Gasteiger partial charge in [0.05, 0.1) is 22.6 Å². The number of anilines is 1. The molecule has 2 heterocycles. The second kappa shape index (κ2) is 7.72. The molecule has 0 aliphatic rings. The molecule has 9 heteroatoms. The Morgan fingerprint density at radius 1 is 1.17 bits per heavy atom. The molecule has 0 radical (unpaired) electrons. The summed E-state index contributed by atoms with van der Waals surface area (Å²) in [5.41, 5.74) is 3.33. The van der Waals surface area contributed by atoms with Gasteiger partial charge in [0.1, 0.15) is 5.82 Å². The van der Waals surface area contributed by atoms with Crippen LogP contribution >= 0.6 is 11.6 Å². The third-order valence-electron chi connectivity index (χ3n) is 4.56. The number of hydrogen-bond acceptors (Lipinski definition) is 5. The van der Waals surface area contributed by atoms with E-state index in [0.717, 1.165) is 22.9 Å². The fraction of sp³-hybridized carbons (Fsp3) is 0.143. The van der Waals surface area contributed by atoms with Crippen LogP contribution in [0.25, 0.3) is 17.1 Å². The second-order valence-electron chi connectivity index (χ2n) is 6.79. The van der Waals surface area contributed by atoms with E-state index in [1.54, 1.807) is 24.7 Å². The SMILES string of the molecule is Cc1nc(-c2ccc(C)c(-n3cc(C(=O)Nc4ccc(Cl)cc4F)c(C)n3)c2)no1. The number of carbonyl (C=O) groups excluding carboxylic acids is 1. The Morgan fingerprint density at radius 3 is 2.67 bits per heavy atom. The summed E-state index contributed by atoms with van der Waals surface area (Å²) in [7, 11) is 0. The van der Waals surface area contributed by atoms with Crippen molar-refractivity contribution in [3.8, 4) is 17.1 Å². The lowest BCUT2D eigenvalue weighted by Gasteiger charge is -2.07. The van der Waals surface area contributed by atoms with Crippen molar-refractivity contribution in [3.05, 3.63) is 76.1 Å². The molecule has 0 aliphatic carbocycles. The summed E-state index contributed by atoms with van der Waals surface area (Å²) in [6, 6.07) is 9.72. The minimum atomic E-state index is -0.611. The van der Waals surface area contributed by atoms with Crippen molar-refractivity contribution in [2.75, 3.05) is 5.32 Å². The number of aryl methyl sites for hydroxylation is 3. The molecule has 0 bridgehead atoms. The molecule has 1 amide bonds. The highest BCUT2D eigenvalue weighted by Crippen LogP contribution is 2.24. The van der Waals surface area contributed by atoms with E-state index in [1.165, 1.54) is 12.1 Å². The first-order valence-corrected chi connectivity index (χ1v) is 9.44. The van der Waals surface area contributed by atoms with Gasteiger partial charge in [0.15, 0.2) is 0 Å². The largest absolute Gasteiger partial charge is 0.339 e. The third kappa shape index (κ3) is 3.81. The number of nitrogens with one attached hydrogen (secondary N) is 1. The molecule has 0 fully saturated rings. The molecule has 152 valence electrons. The second-order valence-corrected chi connectivity index (χ2v) is 7.23. The molecule has 2 aromatic heterocycles. The number of benzene rings is 2. The molecule has 0 aliphatic heterocycles. The molecule has 30 heavy (non-hydrogen) atoms. The van der Waals surface area contributed by atoms with Crippen molar-refractivity contribution >= 4 is 23.2 Å². The van der Waals surface area contributed by atoms with Crippen molar-refractivity contribution in [2.24, 2.45) is 0 Å². The first-order valence-electron chi connectivity index (χ1n) is 9.06. The van der Waals surface area contributed by atoms with Gasteiger partial charge in [-0.2, -0.15) is 10.1 Å². The topological polar surface area (TPSA) is 85.8 Å². The number of aromatic nitrogens is 4. The number of carbonyl (C=O) groups is 1. The normalized spacial score (nSPS) is 11.0. The van der Waals surface area contributed by atoms with Crippen LogP contribution in [0.1, 0.15) is 27.5 Å². The van der Waals surface area contributed by atoms with Gasteiger partial charge in [-0.25, -0.2) is 9.07 Å². The molecule has 1 N–H and O–H groups in total. The molecule has 0 saturated heterocycles. The molecule has 2 aromatic carbocycles. The summed E-state index contributed by atoms with van der Waals surface area (Å²) in [6.45, 7) is 5.36. The first kappa shape index (κ1) is 19.8. The van der Waals surface area contributed by atoms with E-state index in [0.29, 0.717) is 23.0 Å². The summed E-state index contributed by atoms with van der Waals surface area (Å²) in [5, 5.41) is 11.2. The standard InChI is InChI=1S/C21H17ClFN5O2/c1-11-4-5-14(20-24-13(3)30-27-20)8-19(11)28-10-16(12(2)26-28)21(29)25-18-7-6-15(22)9-17(18)23/h4-10H,1-3H3,(H,25,29). The minimum absolute atomic E-state index is 0.0437. The van der Waals surface area contributed by atoms with E-state index in [2.05, 4.69) is 20.6 Å². The first-order chi connectivity index (χ1) is 14.3. The fourth-order valence-corrected chi connectivity index (χ4v) is 3.16.